The van der Waals surface area contributed by atoms with Crippen LogP contribution in [0.5, 0.6) is 5.75 Å². The Balaban J connectivity index is 0.00000480. The number of ether oxygens (including phenoxy) is 1. The van der Waals surface area contributed by atoms with Crippen LogP contribution >= 0.6 is 24.0 Å². The summed E-state index contributed by atoms with van der Waals surface area (Å²) < 4.78 is 42.2. The summed E-state index contributed by atoms with van der Waals surface area (Å²) in [7, 11) is 4.99. The molecular weight excluding hydrogens is 524 g/mol. The van der Waals surface area contributed by atoms with Gasteiger partial charge in [0.2, 0.25) is 0 Å². The lowest BCUT2D eigenvalue weighted by Crippen LogP contribution is -2.36. The van der Waals surface area contributed by atoms with E-state index in [1.165, 1.54) is 11.0 Å². The van der Waals surface area contributed by atoms with Crippen LogP contribution in [0.1, 0.15) is 21.5 Å². The summed E-state index contributed by atoms with van der Waals surface area (Å²) >= 11 is 0. The molecule has 0 unspecified atom stereocenters. The quantitative estimate of drug-likeness (QED) is 0.313. The molecule has 0 bridgehead atoms. The van der Waals surface area contributed by atoms with Crippen LogP contribution in [0.2, 0.25) is 0 Å². The Morgan fingerprint density at radius 2 is 1.65 bits per heavy atom. The van der Waals surface area contributed by atoms with Gasteiger partial charge in [0, 0.05) is 45.4 Å². The van der Waals surface area contributed by atoms with Crippen molar-refractivity contribution in [3.63, 3.8) is 0 Å². The number of nitrogens with zero attached hydrogens (tertiary/aromatic N) is 2. The fourth-order valence-electron chi connectivity index (χ4n) is 2.56. The van der Waals surface area contributed by atoms with E-state index in [2.05, 4.69) is 15.6 Å². The Labute approximate surface area is 196 Å². The molecule has 2 N–H and O–H groups in total. The van der Waals surface area contributed by atoms with E-state index in [0.29, 0.717) is 23.6 Å². The molecular formula is C21H26F3IN4O2. The number of para-hydroxylation sites is 1. The lowest BCUT2D eigenvalue weighted by molar-refractivity contribution is -0.153. The van der Waals surface area contributed by atoms with Gasteiger partial charge in [-0.15, -0.1) is 24.0 Å². The number of hydrogen-bond acceptors (Lipinski definition) is 3. The van der Waals surface area contributed by atoms with Crippen LogP contribution in [0.25, 0.3) is 0 Å². The Kier molecular flexibility index (Phi) is 10.6. The zero-order valence-electron chi connectivity index (χ0n) is 17.5. The average Bonchev–Trinajstić information content (AvgIpc) is 2.72. The third-order valence-corrected chi connectivity index (χ3v) is 4.10. The second-order valence-corrected chi connectivity index (χ2v) is 6.69. The molecule has 1 amide bonds. The maximum absolute atomic E-state index is 12.4. The second-order valence-electron chi connectivity index (χ2n) is 6.69. The van der Waals surface area contributed by atoms with Crippen molar-refractivity contribution < 1.29 is 22.7 Å². The van der Waals surface area contributed by atoms with Crippen molar-refractivity contribution in [3.8, 4) is 5.75 Å². The van der Waals surface area contributed by atoms with Crippen molar-refractivity contribution >= 4 is 35.8 Å². The fraction of sp³-hybridized carbons (Fsp3) is 0.333. The first-order valence-corrected chi connectivity index (χ1v) is 9.22. The van der Waals surface area contributed by atoms with E-state index in [9.17, 15) is 18.0 Å². The van der Waals surface area contributed by atoms with Gasteiger partial charge in [0.15, 0.2) is 12.6 Å². The average molecular weight is 550 g/mol. The predicted molar refractivity (Wildman–Crippen MR) is 125 cm³/mol. The Morgan fingerprint density at radius 1 is 1.03 bits per heavy atom. The van der Waals surface area contributed by atoms with Gasteiger partial charge in [0.1, 0.15) is 5.75 Å². The van der Waals surface area contributed by atoms with Crippen molar-refractivity contribution in [2.45, 2.75) is 19.3 Å². The van der Waals surface area contributed by atoms with Crippen molar-refractivity contribution in [1.29, 1.82) is 0 Å². The lowest BCUT2D eigenvalue weighted by atomic mass is 10.1. The third-order valence-electron chi connectivity index (χ3n) is 4.10. The number of carbonyl (C=O) groups excluding carboxylic acids is 1. The molecule has 0 aliphatic carbocycles. The summed E-state index contributed by atoms with van der Waals surface area (Å²) in [6.07, 6.45) is -4.40. The van der Waals surface area contributed by atoms with E-state index < -0.39 is 12.8 Å². The van der Waals surface area contributed by atoms with Gasteiger partial charge in [0.25, 0.3) is 5.91 Å². The maximum atomic E-state index is 12.4. The number of hydrogen-bond donors (Lipinski definition) is 2. The monoisotopic (exact) mass is 550 g/mol. The molecule has 6 nitrogen and oxygen atoms in total. The highest BCUT2D eigenvalue weighted by Gasteiger charge is 2.28. The summed E-state index contributed by atoms with van der Waals surface area (Å²) in [5.74, 6) is 0.575. The molecule has 0 aliphatic heterocycles. The van der Waals surface area contributed by atoms with Crippen molar-refractivity contribution in [2.75, 3.05) is 27.7 Å². The van der Waals surface area contributed by atoms with Crippen LogP contribution < -0.4 is 15.4 Å². The van der Waals surface area contributed by atoms with Gasteiger partial charge in [0.05, 0.1) is 0 Å². The van der Waals surface area contributed by atoms with E-state index in [-0.39, 0.29) is 42.2 Å². The predicted octanol–water partition coefficient (Wildman–Crippen LogP) is 3.81. The maximum Gasteiger partial charge on any atom is 0.422 e. The van der Waals surface area contributed by atoms with Gasteiger partial charge in [-0.2, -0.15) is 13.2 Å². The molecule has 2 aromatic rings. The lowest BCUT2D eigenvalue weighted by Gasteiger charge is -2.16. The zero-order valence-corrected chi connectivity index (χ0v) is 19.8. The summed E-state index contributed by atoms with van der Waals surface area (Å²) in [5, 5.41) is 6.18. The Morgan fingerprint density at radius 3 is 2.23 bits per heavy atom. The summed E-state index contributed by atoms with van der Waals surface area (Å²) in [5.41, 5.74) is 2.13. The second kappa shape index (κ2) is 12.4. The minimum absolute atomic E-state index is 0. The number of benzene rings is 2. The number of nitrogens with one attached hydrogen (secondary N) is 2. The molecule has 0 heterocycles. The molecule has 31 heavy (non-hydrogen) atoms. The highest BCUT2D eigenvalue weighted by atomic mass is 127. The topological polar surface area (TPSA) is 66.0 Å². The molecule has 0 spiro atoms. The van der Waals surface area contributed by atoms with Crippen LogP contribution in [0.4, 0.5) is 13.2 Å². The van der Waals surface area contributed by atoms with Crippen LogP contribution in [0.15, 0.2) is 53.5 Å². The van der Waals surface area contributed by atoms with Crippen LogP contribution in [-0.4, -0.2) is 50.7 Å². The molecule has 2 aromatic carbocycles. The molecule has 0 saturated carbocycles. The molecule has 170 valence electrons. The van der Waals surface area contributed by atoms with E-state index in [1.807, 2.05) is 12.1 Å². The Bertz CT molecular complexity index is 872. The largest absolute Gasteiger partial charge is 0.484 e. The van der Waals surface area contributed by atoms with E-state index in [0.717, 1.165) is 5.56 Å². The molecule has 0 aliphatic rings. The van der Waals surface area contributed by atoms with E-state index in [4.69, 9.17) is 4.74 Å². The number of rotatable bonds is 7. The summed E-state index contributed by atoms with van der Waals surface area (Å²) in [6, 6.07) is 13.7. The number of guanidine groups is 1. The van der Waals surface area contributed by atoms with Gasteiger partial charge >= 0.3 is 6.18 Å². The van der Waals surface area contributed by atoms with Crippen LogP contribution in [0, 0.1) is 0 Å². The fourth-order valence-corrected chi connectivity index (χ4v) is 2.56. The molecule has 2 rings (SSSR count). The molecule has 10 heteroatoms. The number of alkyl halides is 3. The van der Waals surface area contributed by atoms with E-state index in [1.54, 1.807) is 51.5 Å². The molecule has 0 fully saturated rings. The van der Waals surface area contributed by atoms with Gasteiger partial charge in [-0.25, -0.2) is 0 Å². The SMILES string of the molecule is CN=C(NCc1ccc(C(=O)N(C)C)cc1)NCc1ccccc1OCC(F)(F)F.I. The molecule has 0 atom stereocenters. The van der Waals surface area contributed by atoms with Crippen LogP contribution in [0.3, 0.4) is 0 Å². The van der Waals surface area contributed by atoms with Gasteiger partial charge in [-0.3, -0.25) is 9.79 Å². The standard InChI is InChI=1S/C21H25F3N4O2.HI/c1-25-20(26-12-15-8-10-16(11-9-15)19(29)28(2)3)27-13-17-6-4-5-7-18(17)30-14-21(22,23)24;/h4-11H,12-14H2,1-3H3,(H2,25,26,27);1H. The minimum atomic E-state index is -4.40. The number of halogens is 4. The smallest absolute Gasteiger partial charge is 0.422 e. The zero-order chi connectivity index (χ0) is 22.1. The normalized spacial score (nSPS) is 11.4. The Hall–Kier alpha value is -2.50. The highest BCUT2D eigenvalue weighted by molar-refractivity contribution is 14.0. The van der Waals surface area contributed by atoms with Gasteiger partial charge in [-0.1, -0.05) is 30.3 Å². The molecule has 0 aromatic heterocycles. The first-order chi connectivity index (χ1) is 14.2. The number of amides is 1. The number of carbonyl (C=O) groups is 1. The molecule has 0 saturated heterocycles. The van der Waals surface area contributed by atoms with Crippen molar-refractivity contribution in [1.82, 2.24) is 15.5 Å². The third kappa shape index (κ3) is 9.03. The minimum Gasteiger partial charge on any atom is -0.484 e. The van der Waals surface area contributed by atoms with Gasteiger partial charge in [-0.05, 0) is 23.8 Å². The summed E-state index contributed by atoms with van der Waals surface area (Å²) in [4.78, 5) is 17.5. The summed E-state index contributed by atoms with van der Waals surface area (Å²) in [6.45, 7) is -0.643. The first kappa shape index (κ1) is 26.5. The van der Waals surface area contributed by atoms with Crippen molar-refractivity contribution in [2.24, 2.45) is 4.99 Å². The first-order valence-electron chi connectivity index (χ1n) is 9.22. The van der Waals surface area contributed by atoms with Crippen LogP contribution in [-0.2, 0) is 13.1 Å². The van der Waals surface area contributed by atoms with E-state index >= 15 is 0 Å². The van der Waals surface area contributed by atoms with Gasteiger partial charge < -0.3 is 20.3 Å². The van der Waals surface area contributed by atoms with Crippen molar-refractivity contribution in [3.05, 3.63) is 65.2 Å². The number of aliphatic imine (C=N–C) groups is 1. The molecule has 0 radical (unpaired) electrons. The highest BCUT2D eigenvalue weighted by Crippen LogP contribution is 2.22.